The van der Waals surface area contributed by atoms with Crippen LogP contribution >= 0.6 is 0 Å². The number of rotatable bonds is 5. The number of hydrogen-bond acceptors (Lipinski definition) is 5. The van der Waals surface area contributed by atoms with E-state index in [2.05, 4.69) is 10.6 Å². The van der Waals surface area contributed by atoms with Gasteiger partial charge in [-0.1, -0.05) is 0 Å². The molecule has 4 N–H and O–H groups in total. The van der Waals surface area contributed by atoms with E-state index in [1.807, 2.05) is 0 Å². The molecular formula is C12H20N2O5. The molecule has 1 heterocycles. The molecule has 1 saturated heterocycles. The maximum absolute atomic E-state index is 11.6. The molecule has 0 aromatic carbocycles. The summed E-state index contributed by atoms with van der Waals surface area (Å²) >= 11 is 0. The summed E-state index contributed by atoms with van der Waals surface area (Å²) in [4.78, 5) is 22.4. The summed E-state index contributed by atoms with van der Waals surface area (Å²) in [6.07, 6.45) is -1.61. The third-order valence-corrected chi connectivity index (χ3v) is 3.34. The van der Waals surface area contributed by atoms with Crippen LogP contribution in [0.25, 0.3) is 0 Å². The van der Waals surface area contributed by atoms with Crippen LogP contribution in [0.5, 0.6) is 0 Å². The third kappa shape index (κ3) is 3.89. The van der Waals surface area contributed by atoms with Crippen LogP contribution in [0.3, 0.4) is 0 Å². The molecule has 2 aliphatic rings. The van der Waals surface area contributed by atoms with E-state index in [0.29, 0.717) is 0 Å². The molecular weight excluding hydrogens is 252 g/mol. The highest BCUT2D eigenvalue weighted by Gasteiger charge is 2.43. The second kappa shape index (κ2) is 5.85. The van der Waals surface area contributed by atoms with Gasteiger partial charge in [0.05, 0.1) is 12.5 Å². The van der Waals surface area contributed by atoms with Crippen molar-refractivity contribution in [2.24, 2.45) is 0 Å². The van der Waals surface area contributed by atoms with E-state index in [4.69, 9.17) is 4.74 Å². The highest BCUT2D eigenvalue weighted by molar-refractivity contribution is 5.77. The van der Waals surface area contributed by atoms with E-state index in [0.717, 1.165) is 12.8 Å². The Morgan fingerprint density at radius 3 is 2.42 bits per heavy atom. The Morgan fingerprint density at radius 1 is 1.21 bits per heavy atom. The first-order valence-corrected chi connectivity index (χ1v) is 6.52. The quantitative estimate of drug-likeness (QED) is 0.476. The van der Waals surface area contributed by atoms with Gasteiger partial charge in [-0.25, -0.2) is 0 Å². The van der Waals surface area contributed by atoms with E-state index in [1.165, 1.54) is 6.92 Å². The number of carbonyl (C=O) groups excluding carboxylic acids is 2. The average Bonchev–Trinajstić information content (AvgIpc) is 3.10. The molecule has 2 rings (SSSR count). The van der Waals surface area contributed by atoms with Crippen LogP contribution in [-0.4, -0.2) is 59.0 Å². The molecule has 7 nitrogen and oxygen atoms in total. The van der Waals surface area contributed by atoms with Gasteiger partial charge in [0.15, 0.2) is 0 Å². The molecule has 1 aliphatic carbocycles. The molecule has 0 unspecified atom stereocenters. The predicted molar refractivity (Wildman–Crippen MR) is 65.1 cm³/mol. The summed E-state index contributed by atoms with van der Waals surface area (Å²) in [6, 6.07) is 0.256. The van der Waals surface area contributed by atoms with Gasteiger partial charge in [0.25, 0.3) is 0 Å². The van der Waals surface area contributed by atoms with Crippen LogP contribution in [0, 0.1) is 0 Å². The van der Waals surface area contributed by atoms with Crippen molar-refractivity contribution in [3.8, 4) is 0 Å². The fourth-order valence-electron chi connectivity index (χ4n) is 2.10. The fourth-order valence-corrected chi connectivity index (χ4v) is 2.10. The Bertz CT molecular complexity index is 358. The summed E-state index contributed by atoms with van der Waals surface area (Å²) in [5, 5.41) is 24.9. The first kappa shape index (κ1) is 14.2. The summed E-state index contributed by atoms with van der Waals surface area (Å²) in [5.74, 6) is -0.417. The predicted octanol–water partition coefficient (Wildman–Crippen LogP) is -1.72. The molecule has 0 aromatic rings. The topological polar surface area (TPSA) is 108 Å². The summed E-state index contributed by atoms with van der Waals surface area (Å²) in [7, 11) is 0. The lowest BCUT2D eigenvalue weighted by Gasteiger charge is -2.14. The molecule has 0 spiro atoms. The van der Waals surface area contributed by atoms with Crippen LogP contribution in [0.1, 0.15) is 26.2 Å². The summed E-state index contributed by atoms with van der Waals surface area (Å²) < 4.78 is 5.43. The second-order valence-electron chi connectivity index (χ2n) is 5.18. The van der Waals surface area contributed by atoms with Crippen molar-refractivity contribution >= 4 is 11.8 Å². The molecule has 2 amide bonds. The Kier molecular flexibility index (Phi) is 4.38. The van der Waals surface area contributed by atoms with Crippen molar-refractivity contribution in [2.45, 2.75) is 56.6 Å². The Hall–Kier alpha value is -1.18. The van der Waals surface area contributed by atoms with Crippen molar-refractivity contribution in [3.63, 3.8) is 0 Å². The second-order valence-corrected chi connectivity index (χ2v) is 5.18. The lowest BCUT2D eigenvalue weighted by molar-refractivity contribution is -0.125. The van der Waals surface area contributed by atoms with E-state index < -0.39 is 24.4 Å². The summed E-state index contributed by atoms with van der Waals surface area (Å²) in [5.41, 5.74) is 0. The normalized spacial score (nSPS) is 34.1. The van der Waals surface area contributed by atoms with Crippen LogP contribution in [0.15, 0.2) is 0 Å². The van der Waals surface area contributed by atoms with E-state index in [9.17, 15) is 19.8 Å². The minimum atomic E-state index is -1.11. The molecule has 0 radical (unpaired) electrons. The van der Waals surface area contributed by atoms with Gasteiger partial charge in [-0.05, 0) is 12.8 Å². The molecule has 0 bridgehead atoms. The Labute approximate surface area is 111 Å². The van der Waals surface area contributed by atoms with E-state index in [-0.39, 0.29) is 30.8 Å². The van der Waals surface area contributed by atoms with Gasteiger partial charge in [0.2, 0.25) is 11.8 Å². The molecule has 7 heteroatoms. The molecule has 19 heavy (non-hydrogen) atoms. The van der Waals surface area contributed by atoms with Crippen molar-refractivity contribution in [3.05, 3.63) is 0 Å². The molecule has 1 aliphatic heterocycles. The Balaban J connectivity index is 1.80. The number of ether oxygens (including phenoxy) is 1. The summed E-state index contributed by atoms with van der Waals surface area (Å²) in [6.45, 7) is 1.48. The van der Waals surface area contributed by atoms with Crippen LogP contribution < -0.4 is 10.6 Å². The zero-order chi connectivity index (χ0) is 14.0. The van der Waals surface area contributed by atoms with Crippen LogP contribution in [0.4, 0.5) is 0 Å². The smallest absolute Gasteiger partial charge is 0.222 e. The number of aliphatic hydroxyl groups excluding tert-OH is 2. The highest BCUT2D eigenvalue weighted by atomic mass is 16.5. The lowest BCUT2D eigenvalue weighted by atomic mass is 10.1. The maximum Gasteiger partial charge on any atom is 0.222 e. The standard InChI is InChI=1S/C12H20N2O5/c1-6(15)13-5-9-12(18)11(17)8(19-9)4-10(16)14-7-2-3-7/h7-9,11-12,17-18H,2-5H2,1H3,(H,13,15)(H,14,16)/t8-,9+,11-,12+/m0/s1. The van der Waals surface area contributed by atoms with Crippen molar-refractivity contribution < 1.29 is 24.5 Å². The lowest BCUT2D eigenvalue weighted by Crippen LogP contribution is -2.39. The largest absolute Gasteiger partial charge is 0.388 e. The van der Waals surface area contributed by atoms with Crippen LogP contribution in [0.2, 0.25) is 0 Å². The molecule has 1 saturated carbocycles. The van der Waals surface area contributed by atoms with Gasteiger partial charge in [-0.15, -0.1) is 0 Å². The van der Waals surface area contributed by atoms with Crippen molar-refractivity contribution in [1.82, 2.24) is 10.6 Å². The molecule has 4 atom stereocenters. The molecule has 0 aromatic heterocycles. The van der Waals surface area contributed by atoms with Gasteiger partial charge in [0, 0.05) is 19.5 Å². The van der Waals surface area contributed by atoms with Gasteiger partial charge < -0.3 is 25.6 Å². The average molecular weight is 272 g/mol. The Morgan fingerprint density at radius 2 is 1.84 bits per heavy atom. The van der Waals surface area contributed by atoms with Crippen molar-refractivity contribution in [1.29, 1.82) is 0 Å². The first-order chi connectivity index (χ1) is 8.97. The highest BCUT2D eigenvalue weighted by Crippen LogP contribution is 2.24. The van der Waals surface area contributed by atoms with Gasteiger partial charge in [-0.2, -0.15) is 0 Å². The molecule has 2 fully saturated rings. The number of nitrogens with one attached hydrogen (secondary N) is 2. The van der Waals surface area contributed by atoms with E-state index >= 15 is 0 Å². The number of aliphatic hydroxyl groups is 2. The van der Waals surface area contributed by atoms with Gasteiger partial charge in [-0.3, -0.25) is 9.59 Å². The number of carbonyl (C=O) groups is 2. The molecule has 108 valence electrons. The van der Waals surface area contributed by atoms with Gasteiger partial charge >= 0.3 is 0 Å². The van der Waals surface area contributed by atoms with Gasteiger partial charge in [0.1, 0.15) is 18.3 Å². The fraction of sp³-hybridized carbons (Fsp3) is 0.833. The monoisotopic (exact) mass is 272 g/mol. The zero-order valence-electron chi connectivity index (χ0n) is 10.8. The first-order valence-electron chi connectivity index (χ1n) is 6.52. The minimum Gasteiger partial charge on any atom is -0.388 e. The van der Waals surface area contributed by atoms with Crippen LogP contribution in [-0.2, 0) is 14.3 Å². The van der Waals surface area contributed by atoms with Crippen molar-refractivity contribution in [2.75, 3.05) is 6.54 Å². The number of hydrogen-bond donors (Lipinski definition) is 4. The van der Waals surface area contributed by atoms with E-state index in [1.54, 1.807) is 0 Å². The third-order valence-electron chi connectivity index (χ3n) is 3.34. The number of amides is 2. The minimum absolute atomic E-state index is 0.0191. The zero-order valence-corrected chi connectivity index (χ0v) is 10.8. The maximum atomic E-state index is 11.6. The SMILES string of the molecule is CC(=O)NC[C@H]1O[C@@H](CC(=O)NC2CC2)[C@H](O)[C@@H]1O.